The molecule has 5 heteroatoms. The summed E-state index contributed by atoms with van der Waals surface area (Å²) in [6.07, 6.45) is 5.53. The summed E-state index contributed by atoms with van der Waals surface area (Å²) in [5.41, 5.74) is 1.51. The van der Waals surface area contributed by atoms with Crippen molar-refractivity contribution in [2.45, 2.75) is 6.54 Å². The van der Waals surface area contributed by atoms with Crippen LogP contribution in [0.5, 0.6) is 5.75 Å². The maximum atomic E-state index is 12.9. The number of thiazole rings is 1. The third-order valence-corrected chi connectivity index (χ3v) is 5.40. The van der Waals surface area contributed by atoms with Gasteiger partial charge in [0.15, 0.2) is 4.80 Å². The number of ether oxygens (including phenoxy) is 1. The van der Waals surface area contributed by atoms with Gasteiger partial charge in [0, 0.05) is 5.56 Å². The number of hydrogen-bond acceptors (Lipinski definition) is 3. The van der Waals surface area contributed by atoms with Gasteiger partial charge in [-0.3, -0.25) is 4.79 Å². The number of amides is 1. The Morgan fingerprint density at radius 1 is 1.19 bits per heavy atom. The molecule has 0 fully saturated rings. The van der Waals surface area contributed by atoms with Gasteiger partial charge in [-0.25, -0.2) is 0 Å². The van der Waals surface area contributed by atoms with Gasteiger partial charge in [-0.1, -0.05) is 53.7 Å². The van der Waals surface area contributed by atoms with E-state index in [2.05, 4.69) is 10.9 Å². The number of carbonyl (C=O) groups excluding carboxylic acids is 1. The summed E-state index contributed by atoms with van der Waals surface area (Å²) in [6.45, 7) is 0.341. The van der Waals surface area contributed by atoms with Gasteiger partial charge < -0.3 is 9.30 Å². The fourth-order valence-corrected chi connectivity index (χ4v) is 4.13. The van der Waals surface area contributed by atoms with Crippen molar-refractivity contribution >= 4 is 38.2 Å². The van der Waals surface area contributed by atoms with Crippen LogP contribution in [0.25, 0.3) is 21.0 Å². The number of aromatic nitrogens is 1. The molecule has 0 unspecified atom stereocenters. The summed E-state index contributed by atoms with van der Waals surface area (Å²) in [7, 11) is 1.62. The second-order valence-corrected chi connectivity index (χ2v) is 6.96. The van der Waals surface area contributed by atoms with E-state index in [1.54, 1.807) is 13.2 Å². The molecule has 0 aliphatic carbocycles. The van der Waals surface area contributed by atoms with Crippen LogP contribution in [0.3, 0.4) is 0 Å². The summed E-state index contributed by atoms with van der Waals surface area (Å²) in [6, 6.07) is 19.2. The van der Waals surface area contributed by atoms with Crippen molar-refractivity contribution < 1.29 is 9.53 Å². The summed E-state index contributed by atoms with van der Waals surface area (Å²) in [5, 5.41) is 1.90. The Hall–Kier alpha value is -3.36. The first-order chi connectivity index (χ1) is 13.2. The molecule has 0 bridgehead atoms. The summed E-state index contributed by atoms with van der Waals surface area (Å²) in [5.74, 6) is 3.11. The zero-order valence-electron chi connectivity index (χ0n) is 14.7. The van der Waals surface area contributed by atoms with Crippen molar-refractivity contribution in [2.24, 2.45) is 4.99 Å². The molecular formula is C22H16N2O2S. The van der Waals surface area contributed by atoms with Gasteiger partial charge in [0.25, 0.3) is 5.91 Å². The maximum absolute atomic E-state index is 12.9. The number of methoxy groups -OCH3 is 1. The molecule has 0 aliphatic rings. The predicted molar refractivity (Wildman–Crippen MR) is 109 cm³/mol. The first-order valence-corrected chi connectivity index (χ1v) is 9.20. The summed E-state index contributed by atoms with van der Waals surface area (Å²) < 4.78 is 8.13. The third-order valence-electron chi connectivity index (χ3n) is 4.36. The minimum atomic E-state index is -0.281. The first kappa shape index (κ1) is 17.1. The molecule has 1 heterocycles. The normalized spacial score (nSPS) is 11.6. The number of benzene rings is 3. The molecule has 0 saturated carbocycles. The van der Waals surface area contributed by atoms with Crippen LogP contribution >= 0.6 is 11.3 Å². The molecule has 0 radical (unpaired) electrons. The molecule has 1 amide bonds. The van der Waals surface area contributed by atoms with E-state index in [9.17, 15) is 4.79 Å². The number of rotatable bonds is 3. The van der Waals surface area contributed by atoms with Gasteiger partial charge >= 0.3 is 0 Å². The lowest BCUT2D eigenvalue weighted by atomic mass is 10.0. The minimum Gasteiger partial charge on any atom is -0.497 e. The van der Waals surface area contributed by atoms with E-state index in [1.165, 1.54) is 11.3 Å². The van der Waals surface area contributed by atoms with Crippen molar-refractivity contribution in [3.8, 4) is 18.1 Å². The molecule has 0 aliphatic heterocycles. The van der Waals surface area contributed by atoms with E-state index in [1.807, 2.05) is 59.2 Å². The lowest BCUT2D eigenvalue weighted by Gasteiger charge is -2.03. The van der Waals surface area contributed by atoms with Crippen LogP contribution in [0.15, 0.2) is 65.7 Å². The lowest BCUT2D eigenvalue weighted by Crippen LogP contribution is -2.16. The highest BCUT2D eigenvalue weighted by atomic mass is 32.1. The van der Waals surface area contributed by atoms with Gasteiger partial charge in [0.05, 0.1) is 23.9 Å². The Balaban J connectivity index is 1.90. The number of nitrogens with zero attached hydrogens (tertiary/aromatic N) is 2. The van der Waals surface area contributed by atoms with Gasteiger partial charge in [0.1, 0.15) is 5.75 Å². The Kier molecular flexibility index (Phi) is 4.49. The average molecular weight is 372 g/mol. The number of carbonyl (C=O) groups is 1. The minimum absolute atomic E-state index is 0.281. The Bertz CT molecular complexity index is 1270. The van der Waals surface area contributed by atoms with Crippen LogP contribution in [0.2, 0.25) is 0 Å². The molecule has 0 N–H and O–H groups in total. The van der Waals surface area contributed by atoms with Crippen LogP contribution in [0.1, 0.15) is 10.4 Å². The Morgan fingerprint density at radius 2 is 2.00 bits per heavy atom. The fraction of sp³-hybridized carbons (Fsp3) is 0.0909. The van der Waals surface area contributed by atoms with Crippen molar-refractivity contribution in [1.82, 2.24) is 4.57 Å². The maximum Gasteiger partial charge on any atom is 0.280 e. The quantitative estimate of drug-likeness (QED) is 0.505. The van der Waals surface area contributed by atoms with Crippen molar-refractivity contribution in [3.05, 3.63) is 71.0 Å². The Morgan fingerprint density at radius 3 is 2.81 bits per heavy atom. The molecule has 0 spiro atoms. The molecule has 4 nitrogen and oxygen atoms in total. The standard InChI is InChI=1S/C22H16N2O2S/c1-3-13-24-19-12-11-16(26-2)14-20(19)27-22(24)23-21(25)18-10-6-8-15-7-4-5-9-17(15)18/h1,4-12,14H,13H2,2H3. The predicted octanol–water partition coefficient (Wildman–Crippen LogP) is 4.24. The van der Waals surface area contributed by atoms with Crippen LogP contribution in [0, 0.1) is 12.3 Å². The number of fused-ring (bicyclic) bond motifs is 2. The van der Waals surface area contributed by atoms with Crippen molar-refractivity contribution in [1.29, 1.82) is 0 Å². The average Bonchev–Trinajstić information content (AvgIpc) is 3.04. The largest absolute Gasteiger partial charge is 0.497 e. The van der Waals surface area contributed by atoms with E-state index < -0.39 is 0 Å². The first-order valence-electron chi connectivity index (χ1n) is 8.39. The van der Waals surface area contributed by atoms with E-state index >= 15 is 0 Å². The van der Waals surface area contributed by atoms with Crippen molar-refractivity contribution in [3.63, 3.8) is 0 Å². The van der Waals surface area contributed by atoms with Gasteiger partial charge in [-0.05, 0) is 35.0 Å². The van der Waals surface area contributed by atoms with Gasteiger partial charge in [-0.15, -0.1) is 6.42 Å². The van der Waals surface area contributed by atoms with Gasteiger partial charge in [0.2, 0.25) is 0 Å². The molecule has 1 aromatic heterocycles. The zero-order chi connectivity index (χ0) is 18.8. The van der Waals surface area contributed by atoms with Crippen molar-refractivity contribution in [2.75, 3.05) is 7.11 Å². The van der Waals surface area contributed by atoms with E-state index in [0.29, 0.717) is 16.9 Å². The monoisotopic (exact) mass is 372 g/mol. The summed E-state index contributed by atoms with van der Waals surface area (Å²) >= 11 is 1.42. The van der Waals surface area contributed by atoms with Gasteiger partial charge in [-0.2, -0.15) is 4.99 Å². The molecule has 3 aromatic carbocycles. The summed E-state index contributed by atoms with van der Waals surface area (Å²) in [4.78, 5) is 17.9. The zero-order valence-corrected chi connectivity index (χ0v) is 15.5. The lowest BCUT2D eigenvalue weighted by molar-refractivity contribution is 0.0999. The SMILES string of the molecule is C#CCn1c(=NC(=O)c2cccc3ccccc23)sc2cc(OC)ccc21. The molecule has 132 valence electrons. The number of terminal acetylenes is 1. The third kappa shape index (κ3) is 3.12. The molecule has 0 saturated heterocycles. The topological polar surface area (TPSA) is 43.6 Å². The smallest absolute Gasteiger partial charge is 0.280 e. The Labute approximate surface area is 160 Å². The van der Waals surface area contributed by atoms with E-state index in [0.717, 1.165) is 26.7 Å². The highest BCUT2D eigenvalue weighted by Gasteiger charge is 2.12. The van der Waals surface area contributed by atoms with Crippen LogP contribution < -0.4 is 9.54 Å². The second kappa shape index (κ2) is 7.10. The molecule has 4 rings (SSSR count). The highest BCUT2D eigenvalue weighted by molar-refractivity contribution is 7.16. The van der Waals surface area contributed by atoms with E-state index in [4.69, 9.17) is 11.2 Å². The highest BCUT2D eigenvalue weighted by Crippen LogP contribution is 2.24. The van der Waals surface area contributed by atoms with E-state index in [-0.39, 0.29) is 5.91 Å². The molecule has 4 aromatic rings. The van der Waals surface area contributed by atoms with Crippen LogP contribution in [-0.4, -0.2) is 17.6 Å². The second-order valence-electron chi connectivity index (χ2n) is 5.95. The molecular weight excluding hydrogens is 356 g/mol. The van der Waals surface area contributed by atoms with Crippen LogP contribution in [0.4, 0.5) is 0 Å². The molecule has 27 heavy (non-hydrogen) atoms. The van der Waals surface area contributed by atoms with Crippen LogP contribution in [-0.2, 0) is 6.54 Å². The number of hydrogen-bond donors (Lipinski definition) is 0. The fourth-order valence-electron chi connectivity index (χ4n) is 3.07. The molecule has 0 atom stereocenters.